The fourth-order valence-electron chi connectivity index (χ4n) is 1.69. The summed E-state index contributed by atoms with van der Waals surface area (Å²) in [4.78, 5) is 23.4. The number of benzene rings is 1. The van der Waals surface area contributed by atoms with Gasteiger partial charge in [0, 0.05) is 6.07 Å². The van der Waals surface area contributed by atoms with Crippen LogP contribution in [0.25, 0.3) is 0 Å². The molecule has 0 spiro atoms. The van der Waals surface area contributed by atoms with Crippen molar-refractivity contribution in [3.8, 4) is 0 Å². The molecule has 8 nitrogen and oxygen atoms in total. The van der Waals surface area contributed by atoms with E-state index in [-0.39, 0.29) is 15.5 Å². The fourth-order valence-corrected chi connectivity index (χ4v) is 2.84. The molecule has 0 radical (unpaired) electrons. The van der Waals surface area contributed by atoms with Crippen molar-refractivity contribution in [3.63, 3.8) is 0 Å². The lowest BCUT2D eigenvalue weighted by atomic mass is 10.1. The van der Waals surface area contributed by atoms with E-state index in [1.54, 1.807) is 0 Å². The molecule has 0 saturated carbocycles. The summed E-state index contributed by atoms with van der Waals surface area (Å²) in [5.74, 6) is 0. The zero-order valence-corrected chi connectivity index (χ0v) is 13.3. The highest BCUT2D eigenvalue weighted by atomic mass is 35.5. The summed E-state index contributed by atoms with van der Waals surface area (Å²) < 4.78 is 38.9. The number of hydrogen-bond acceptors (Lipinski definition) is 7. The Hall–Kier alpha value is -2.18. The zero-order valence-electron chi connectivity index (χ0n) is 10.9. The molecule has 0 bridgehead atoms. The lowest BCUT2D eigenvalue weighted by Gasteiger charge is -2.12. The van der Waals surface area contributed by atoms with Gasteiger partial charge in [0.1, 0.15) is 9.36 Å². The second-order valence-electron chi connectivity index (χ2n) is 4.09. The van der Waals surface area contributed by atoms with E-state index in [0.717, 1.165) is 17.5 Å². The maximum atomic E-state index is 12.9. The van der Waals surface area contributed by atoms with Gasteiger partial charge in [-0.05, 0) is 0 Å². The second kappa shape index (κ2) is 6.37. The summed E-state index contributed by atoms with van der Waals surface area (Å²) in [5.41, 5.74) is -4.98. The van der Waals surface area contributed by atoms with Gasteiger partial charge in [-0.25, -0.2) is 4.98 Å². The summed E-state index contributed by atoms with van der Waals surface area (Å²) >= 11 is 11.9. The van der Waals surface area contributed by atoms with Gasteiger partial charge in [-0.15, -0.1) is 0 Å². The third kappa shape index (κ3) is 3.49. The first-order chi connectivity index (χ1) is 11.0. The van der Waals surface area contributed by atoms with Crippen LogP contribution in [0.3, 0.4) is 0 Å². The Labute approximate surface area is 144 Å². The Morgan fingerprint density at radius 1 is 1.21 bits per heavy atom. The molecule has 14 heteroatoms. The number of halogens is 5. The van der Waals surface area contributed by atoms with Crippen LogP contribution in [0.15, 0.2) is 12.3 Å². The molecule has 0 atom stereocenters. The van der Waals surface area contributed by atoms with Gasteiger partial charge in [0.2, 0.25) is 0 Å². The molecule has 0 unspecified atom stereocenters. The minimum atomic E-state index is -5.12. The van der Waals surface area contributed by atoms with Crippen LogP contribution in [0.2, 0.25) is 9.36 Å². The predicted octanol–water partition coefficient (Wildman–Crippen LogP) is 5.03. The molecule has 24 heavy (non-hydrogen) atoms. The molecule has 1 aromatic carbocycles. The topological polar surface area (TPSA) is 111 Å². The molecule has 2 rings (SSSR count). The summed E-state index contributed by atoms with van der Waals surface area (Å²) in [6.07, 6.45) is -3.96. The fraction of sp³-hybridized carbons (Fsp3) is 0.100. The Balaban J connectivity index is 2.78. The molecule has 0 amide bonds. The number of thiazole rings is 1. The van der Waals surface area contributed by atoms with Gasteiger partial charge >= 0.3 is 17.6 Å². The Morgan fingerprint density at radius 3 is 2.25 bits per heavy atom. The van der Waals surface area contributed by atoms with Gasteiger partial charge in [-0.1, -0.05) is 34.5 Å². The summed E-state index contributed by atoms with van der Waals surface area (Å²) in [6.45, 7) is 0. The first-order valence-corrected chi connectivity index (χ1v) is 7.20. The van der Waals surface area contributed by atoms with Crippen molar-refractivity contribution in [2.45, 2.75) is 6.18 Å². The monoisotopic (exact) mass is 402 g/mol. The Morgan fingerprint density at radius 2 is 1.83 bits per heavy atom. The van der Waals surface area contributed by atoms with Crippen molar-refractivity contribution in [1.29, 1.82) is 0 Å². The molecule has 128 valence electrons. The third-order valence-electron chi connectivity index (χ3n) is 2.61. The lowest BCUT2D eigenvalue weighted by molar-refractivity contribution is -0.392. The van der Waals surface area contributed by atoms with E-state index in [1.807, 2.05) is 0 Å². The standard InChI is InChI=1S/C10H3Cl2F3N4O4S/c11-5-2-16-9(24-5)17-7-4(18(20)21)1-3(10(13,14)15)6(12)8(7)19(22)23/h1-2H,(H,16,17). The molecule has 1 heterocycles. The van der Waals surface area contributed by atoms with Crippen molar-refractivity contribution < 1.29 is 23.0 Å². The van der Waals surface area contributed by atoms with Crippen molar-refractivity contribution in [1.82, 2.24) is 4.98 Å². The molecule has 0 aliphatic carbocycles. The van der Waals surface area contributed by atoms with Gasteiger partial charge in [0.25, 0.3) is 0 Å². The number of nitrogens with zero attached hydrogens (tertiary/aromatic N) is 3. The number of alkyl halides is 3. The number of nitro benzene ring substituents is 2. The minimum absolute atomic E-state index is 0.0953. The van der Waals surface area contributed by atoms with Crippen molar-refractivity contribution in [2.75, 3.05) is 5.32 Å². The van der Waals surface area contributed by atoms with Crippen molar-refractivity contribution in [2.24, 2.45) is 0 Å². The smallest absolute Gasteiger partial charge is 0.320 e. The van der Waals surface area contributed by atoms with E-state index in [2.05, 4.69) is 10.3 Å². The zero-order chi connectivity index (χ0) is 18.2. The Kier molecular flexibility index (Phi) is 4.82. The van der Waals surface area contributed by atoms with Gasteiger partial charge < -0.3 is 5.32 Å². The summed E-state index contributed by atoms with van der Waals surface area (Å²) in [6, 6.07) is 0.118. The highest BCUT2D eigenvalue weighted by molar-refractivity contribution is 7.19. The van der Waals surface area contributed by atoms with E-state index in [1.165, 1.54) is 0 Å². The molecule has 0 saturated heterocycles. The van der Waals surface area contributed by atoms with Gasteiger partial charge in [-0.3, -0.25) is 20.2 Å². The average molecular weight is 403 g/mol. The number of hydrogen-bond donors (Lipinski definition) is 1. The second-order valence-corrected chi connectivity index (χ2v) is 6.13. The van der Waals surface area contributed by atoms with Crippen molar-refractivity contribution in [3.05, 3.63) is 47.4 Å². The quantitative estimate of drug-likeness (QED) is 0.566. The largest absolute Gasteiger partial charge is 0.418 e. The van der Waals surface area contributed by atoms with E-state index < -0.39 is 43.7 Å². The molecule has 0 aliphatic rings. The van der Waals surface area contributed by atoms with Crippen LogP contribution in [0.1, 0.15) is 5.56 Å². The van der Waals surface area contributed by atoms with Gasteiger partial charge in [-0.2, -0.15) is 13.2 Å². The van der Waals surface area contributed by atoms with E-state index in [0.29, 0.717) is 0 Å². The van der Waals surface area contributed by atoms with Crippen LogP contribution < -0.4 is 5.32 Å². The van der Waals surface area contributed by atoms with Crippen molar-refractivity contribution >= 4 is 56.7 Å². The molecular formula is C10H3Cl2F3N4O4S. The van der Waals surface area contributed by atoms with Crippen LogP contribution in [-0.2, 0) is 6.18 Å². The van der Waals surface area contributed by atoms with Gasteiger partial charge in [0.15, 0.2) is 10.8 Å². The lowest BCUT2D eigenvalue weighted by Crippen LogP contribution is -2.11. The van der Waals surface area contributed by atoms with Crippen LogP contribution in [0, 0.1) is 20.2 Å². The number of anilines is 2. The SMILES string of the molecule is O=[N+]([O-])c1cc(C(F)(F)F)c(Cl)c([N+](=O)[O-])c1Nc1ncc(Cl)s1. The molecule has 1 N–H and O–H groups in total. The Bertz CT molecular complexity index is 842. The molecular weight excluding hydrogens is 400 g/mol. The van der Waals surface area contributed by atoms with E-state index >= 15 is 0 Å². The maximum absolute atomic E-state index is 12.9. The summed E-state index contributed by atoms with van der Waals surface area (Å²) in [7, 11) is 0. The number of aromatic nitrogens is 1. The molecule has 1 aromatic heterocycles. The number of nitrogens with one attached hydrogen (secondary N) is 1. The molecule has 0 aliphatic heterocycles. The average Bonchev–Trinajstić information content (AvgIpc) is 2.82. The molecule has 2 aromatic rings. The highest BCUT2D eigenvalue weighted by Gasteiger charge is 2.42. The van der Waals surface area contributed by atoms with Crippen LogP contribution in [0.4, 0.5) is 35.4 Å². The predicted molar refractivity (Wildman–Crippen MR) is 80.2 cm³/mol. The highest BCUT2D eigenvalue weighted by Crippen LogP contribution is 2.48. The van der Waals surface area contributed by atoms with Crippen LogP contribution in [-0.4, -0.2) is 14.8 Å². The van der Waals surface area contributed by atoms with Crippen LogP contribution in [0.5, 0.6) is 0 Å². The maximum Gasteiger partial charge on any atom is 0.418 e. The summed E-state index contributed by atoms with van der Waals surface area (Å²) in [5, 5.41) is 23.1. The minimum Gasteiger partial charge on any atom is -0.320 e. The van der Waals surface area contributed by atoms with Gasteiger partial charge in [0.05, 0.1) is 21.6 Å². The van der Waals surface area contributed by atoms with E-state index in [9.17, 15) is 33.4 Å². The first kappa shape index (κ1) is 18.2. The van der Waals surface area contributed by atoms with Crippen LogP contribution >= 0.6 is 34.5 Å². The normalized spacial score (nSPS) is 11.4. The number of rotatable bonds is 4. The first-order valence-electron chi connectivity index (χ1n) is 5.63. The number of nitro groups is 2. The van der Waals surface area contributed by atoms with E-state index in [4.69, 9.17) is 23.2 Å². The molecule has 0 fully saturated rings. The third-order valence-corrected chi connectivity index (χ3v) is 4.03.